The average molecular weight is 283 g/mol. The molecule has 1 saturated carbocycles. The van der Waals surface area contributed by atoms with E-state index in [4.69, 9.17) is 0 Å². The van der Waals surface area contributed by atoms with Gasteiger partial charge >= 0.3 is 5.97 Å². The largest absolute Gasteiger partial charge is 0.481 e. The monoisotopic (exact) mass is 283 g/mol. The molecule has 116 valence electrons. The molecule has 20 heavy (non-hydrogen) atoms. The molecule has 0 aromatic heterocycles. The Morgan fingerprint density at radius 2 is 1.70 bits per heavy atom. The highest BCUT2D eigenvalue weighted by Gasteiger charge is 2.39. The molecule has 2 N–H and O–H groups in total. The number of carbonyl (C=O) groups excluding carboxylic acids is 1. The van der Waals surface area contributed by atoms with Gasteiger partial charge in [0.2, 0.25) is 5.91 Å². The molecule has 0 heterocycles. The number of nitrogens with one attached hydrogen (secondary N) is 1. The normalized spacial score (nSPS) is 25.3. The summed E-state index contributed by atoms with van der Waals surface area (Å²) in [5.74, 6) is -1.38. The van der Waals surface area contributed by atoms with Gasteiger partial charge in [0.15, 0.2) is 0 Å². The number of hydrogen-bond acceptors (Lipinski definition) is 2. The van der Waals surface area contributed by atoms with Crippen molar-refractivity contribution in [3.8, 4) is 0 Å². The number of aliphatic carboxylic acids is 1. The summed E-state index contributed by atoms with van der Waals surface area (Å²) in [4.78, 5) is 23.8. The van der Waals surface area contributed by atoms with E-state index in [0.717, 1.165) is 19.3 Å². The Kier molecular flexibility index (Phi) is 5.60. The first kappa shape index (κ1) is 17.0. The van der Waals surface area contributed by atoms with Gasteiger partial charge in [0, 0.05) is 6.04 Å². The molecule has 1 amide bonds. The zero-order valence-electron chi connectivity index (χ0n) is 13.4. The quantitative estimate of drug-likeness (QED) is 0.779. The Balaban J connectivity index is 2.79. The molecule has 0 aromatic rings. The van der Waals surface area contributed by atoms with E-state index in [1.807, 2.05) is 0 Å². The van der Waals surface area contributed by atoms with Crippen LogP contribution in [0.1, 0.15) is 60.3 Å². The minimum Gasteiger partial charge on any atom is -0.481 e. The third-order valence-electron chi connectivity index (χ3n) is 4.38. The molecule has 0 bridgehead atoms. The lowest BCUT2D eigenvalue weighted by Crippen LogP contribution is -2.50. The maximum Gasteiger partial charge on any atom is 0.316 e. The van der Waals surface area contributed by atoms with Crippen LogP contribution < -0.4 is 5.32 Å². The third kappa shape index (κ3) is 4.22. The molecule has 1 rings (SSSR count). The number of carbonyl (C=O) groups is 2. The minimum atomic E-state index is -1.04. The van der Waals surface area contributed by atoms with Crippen LogP contribution in [-0.2, 0) is 9.59 Å². The standard InChI is InChI=1S/C16H29NO3/c1-10(2)11-8-6-7-9-12(11)17-14(18)13(15(19)20)16(3,4)5/h10-13H,6-9H2,1-5H3,(H,17,18)(H,19,20). The fourth-order valence-corrected chi connectivity index (χ4v) is 3.28. The summed E-state index contributed by atoms with van der Waals surface area (Å²) in [6.07, 6.45) is 4.40. The van der Waals surface area contributed by atoms with Gasteiger partial charge in [0.05, 0.1) is 0 Å². The van der Waals surface area contributed by atoms with Crippen LogP contribution in [0.5, 0.6) is 0 Å². The van der Waals surface area contributed by atoms with E-state index in [1.165, 1.54) is 6.42 Å². The van der Waals surface area contributed by atoms with Crippen molar-refractivity contribution >= 4 is 11.9 Å². The van der Waals surface area contributed by atoms with Gasteiger partial charge in [-0.15, -0.1) is 0 Å². The van der Waals surface area contributed by atoms with Crippen molar-refractivity contribution in [1.29, 1.82) is 0 Å². The number of rotatable bonds is 4. The Labute approximate surface area is 122 Å². The Bertz CT molecular complexity index is 357. The summed E-state index contributed by atoms with van der Waals surface area (Å²) in [6, 6.07) is 0.125. The van der Waals surface area contributed by atoms with E-state index in [9.17, 15) is 14.7 Å². The summed E-state index contributed by atoms with van der Waals surface area (Å²) in [5.41, 5.74) is -0.572. The molecule has 3 atom stereocenters. The molecule has 4 nitrogen and oxygen atoms in total. The highest BCUT2D eigenvalue weighted by atomic mass is 16.4. The van der Waals surface area contributed by atoms with Crippen molar-refractivity contribution in [3.05, 3.63) is 0 Å². The molecular weight excluding hydrogens is 254 g/mol. The van der Waals surface area contributed by atoms with Crippen molar-refractivity contribution in [2.24, 2.45) is 23.2 Å². The number of hydrogen-bond donors (Lipinski definition) is 2. The van der Waals surface area contributed by atoms with Crippen LogP contribution in [0.3, 0.4) is 0 Å². The Hall–Kier alpha value is -1.06. The zero-order chi connectivity index (χ0) is 15.5. The van der Waals surface area contributed by atoms with Crippen LogP contribution in [0.2, 0.25) is 0 Å². The number of carboxylic acids is 1. The Morgan fingerprint density at radius 1 is 1.15 bits per heavy atom. The van der Waals surface area contributed by atoms with Gasteiger partial charge in [-0.25, -0.2) is 0 Å². The highest BCUT2D eigenvalue weighted by molar-refractivity contribution is 5.97. The minimum absolute atomic E-state index is 0.125. The van der Waals surface area contributed by atoms with Gasteiger partial charge in [-0.1, -0.05) is 47.5 Å². The molecule has 4 heteroatoms. The van der Waals surface area contributed by atoms with E-state index >= 15 is 0 Å². The predicted molar refractivity (Wildman–Crippen MR) is 79.3 cm³/mol. The van der Waals surface area contributed by atoms with E-state index in [0.29, 0.717) is 11.8 Å². The Morgan fingerprint density at radius 3 is 2.15 bits per heavy atom. The fraction of sp³-hybridized carbons (Fsp3) is 0.875. The SMILES string of the molecule is CC(C)C1CCCCC1NC(=O)C(C(=O)O)C(C)(C)C. The summed E-state index contributed by atoms with van der Waals surface area (Å²) in [6.45, 7) is 9.74. The molecule has 1 aliphatic rings. The topological polar surface area (TPSA) is 66.4 Å². The summed E-state index contributed by atoms with van der Waals surface area (Å²) in [7, 11) is 0. The van der Waals surface area contributed by atoms with Gasteiger partial charge in [0.25, 0.3) is 0 Å². The van der Waals surface area contributed by atoms with Crippen LogP contribution in [-0.4, -0.2) is 23.0 Å². The van der Waals surface area contributed by atoms with Crippen molar-refractivity contribution in [2.45, 2.75) is 66.3 Å². The summed E-state index contributed by atoms with van der Waals surface area (Å²) < 4.78 is 0. The molecule has 0 spiro atoms. The second kappa shape index (κ2) is 6.59. The fourth-order valence-electron chi connectivity index (χ4n) is 3.28. The predicted octanol–water partition coefficient (Wildman–Crippen LogP) is 3.06. The molecule has 0 saturated heterocycles. The second-order valence-corrected chi connectivity index (χ2v) is 7.44. The molecular formula is C16H29NO3. The summed E-state index contributed by atoms with van der Waals surface area (Å²) in [5, 5.41) is 12.3. The zero-order valence-corrected chi connectivity index (χ0v) is 13.4. The van der Waals surface area contributed by atoms with Gasteiger partial charge in [-0.3, -0.25) is 9.59 Å². The molecule has 0 aliphatic heterocycles. The van der Waals surface area contributed by atoms with Crippen molar-refractivity contribution in [3.63, 3.8) is 0 Å². The number of amides is 1. The van der Waals surface area contributed by atoms with Crippen LogP contribution in [0, 0.1) is 23.2 Å². The average Bonchev–Trinajstić information content (AvgIpc) is 2.26. The van der Waals surface area contributed by atoms with Crippen LogP contribution in [0.15, 0.2) is 0 Å². The first-order valence-corrected chi connectivity index (χ1v) is 7.67. The van der Waals surface area contributed by atoms with Gasteiger partial charge in [0.1, 0.15) is 5.92 Å². The molecule has 1 fully saturated rings. The lowest BCUT2D eigenvalue weighted by atomic mass is 9.76. The lowest BCUT2D eigenvalue weighted by molar-refractivity contribution is -0.152. The lowest BCUT2D eigenvalue weighted by Gasteiger charge is -2.36. The highest BCUT2D eigenvalue weighted by Crippen LogP contribution is 2.32. The molecule has 1 aliphatic carbocycles. The third-order valence-corrected chi connectivity index (χ3v) is 4.38. The molecule has 0 aromatic carbocycles. The van der Waals surface area contributed by atoms with Crippen LogP contribution >= 0.6 is 0 Å². The van der Waals surface area contributed by atoms with E-state index in [1.54, 1.807) is 20.8 Å². The van der Waals surface area contributed by atoms with Crippen LogP contribution in [0.25, 0.3) is 0 Å². The molecule has 0 radical (unpaired) electrons. The van der Waals surface area contributed by atoms with E-state index in [-0.39, 0.29) is 11.9 Å². The summed E-state index contributed by atoms with van der Waals surface area (Å²) >= 11 is 0. The van der Waals surface area contributed by atoms with Gasteiger partial charge in [-0.2, -0.15) is 0 Å². The number of carboxylic acid groups (broad SMARTS) is 1. The van der Waals surface area contributed by atoms with Crippen molar-refractivity contribution < 1.29 is 14.7 Å². The van der Waals surface area contributed by atoms with E-state index in [2.05, 4.69) is 19.2 Å². The first-order chi connectivity index (χ1) is 9.14. The van der Waals surface area contributed by atoms with Gasteiger partial charge in [-0.05, 0) is 30.1 Å². The maximum absolute atomic E-state index is 12.4. The second-order valence-electron chi connectivity index (χ2n) is 7.44. The molecule has 3 unspecified atom stereocenters. The van der Waals surface area contributed by atoms with Crippen molar-refractivity contribution in [2.75, 3.05) is 0 Å². The van der Waals surface area contributed by atoms with Gasteiger partial charge < -0.3 is 10.4 Å². The van der Waals surface area contributed by atoms with E-state index < -0.39 is 17.3 Å². The van der Waals surface area contributed by atoms with Crippen molar-refractivity contribution in [1.82, 2.24) is 5.32 Å². The maximum atomic E-state index is 12.4. The first-order valence-electron chi connectivity index (χ1n) is 7.67. The van der Waals surface area contributed by atoms with Crippen LogP contribution in [0.4, 0.5) is 0 Å². The smallest absolute Gasteiger partial charge is 0.316 e.